The molecule has 7 nitrogen and oxygen atoms in total. The van der Waals surface area contributed by atoms with Crippen LogP contribution >= 0.6 is 24.0 Å². The molecule has 0 aromatic heterocycles. The van der Waals surface area contributed by atoms with Crippen molar-refractivity contribution in [1.29, 1.82) is 0 Å². The number of nitrogens with one attached hydrogen (secondary N) is 2. The average Bonchev–Trinajstić information content (AvgIpc) is 2.72. The van der Waals surface area contributed by atoms with E-state index in [9.17, 15) is 4.79 Å². The SMILES string of the molecule is CCNC(=NCC(C)N1CCOCC1)NCCc1ccc(C(=O)OC)cc1.I. The van der Waals surface area contributed by atoms with Crippen LogP contribution in [0, 0.1) is 0 Å². The number of hydrogen-bond donors (Lipinski definition) is 2. The van der Waals surface area contributed by atoms with Gasteiger partial charge in [-0.2, -0.15) is 0 Å². The fourth-order valence-electron chi connectivity index (χ4n) is 2.95. The second kappa shape index (κ2) is 13.7. The summed E-state index contributed by atoms with van der Waals surface area (Å²) in [4.78, 5) is 18.6. The van der Waals surface area contributed by atoms with Crippen molar-refractivity contribution < 1.29 is 14.3 Å². The monoisotopic (exact) mass is 504 g/mol. The van der Waals surface area contributed by atoms with Crippen molar-refractivity contribution in [1.82, 2.24) is 15.5 Å². The number of carbonyl (C=O) groups excluding carboxylic acids is 1. The van der Waals surface area contributed by atoms with Crippen molar-refractivity contribution in [2.45, 2.75) is 26.3 Å². The third-order valence-electron chi connectivity index (χ3n) is 4.61. The lowest BCUT2D eigenvalue weighted by atomic mass is 10.1. The lowest BCUT2D eigenvalue weighted by molar-refractivity contribution is 0.0220. The highest BCUT2D eigenvalue weighted by Gasteiger charge is 2.16. The van der Waals surface area contributed by atoms with Gasteiger partial charge in [-0.05, 0) is 38.0 Å². The molecular formula is C20H33IN4O3. The van der Waals surface area contributed by atoms with Crippen molar-refractivity contribution in [3.8, 4) is 0 Å². The van der Waals surface area contributed by atoms with Crippen molar-refractivity contribution in [3.05, 3.63) is 35.4 Å². The smallest absolute Gasteiger partial charge is 0.337 e. The Bertz CT molecular complexity index is 604. The average molecular weight is 504 g/mol. The van der Waals surface area contributed by atoms with Crippen molar-refractivity contribution in [2.24, 2.45) is 4.99 Å². The Morgan fingerprint density at radius 3 is 2.54 bits per heavy atom. The Labute approximate surface area is 185 Å². The molecule has 1 aromatic carbocycles. The quantitative estimate of drug-likeness (QED) is 0.244. The van der Waals surface area contributed by atoms with Gasteiger partial charge in [-0.1, -0.05) is 12.1 Å². The molecule has 1 heterocycles. The molecule has 2 N–H and O–H groups in total. The molecule has 158 valence electrons. The maximum Gasteiger partial charge on any atom is 0.337 e. The van der Waals surface area contributed by atoms with E-state index >= 15 is 0 Å². The summed E-state index contributed by atoms with van der Waals surface area (Å²) in [6.07, 6.45) is 0.852. The molecular weight excluding hydrogens is 471 g/mol. The first-order valence-electron chi connectivity index (χ1n) is 9.65. The second-order valence-electron chi connectivity index (χ2n) is 6.58. The van der Waals surface area contributed by atoms with Gasteiger partial charge >= 0.3 is 5.97 Å². The summed E-state index contributed by atoms with van der Waals surface area (Å²) in [6.45, 7) is 10.2. The highest BCUT2D eigenvalue weighted by molar-refractivity contribution is 14.0. The Hall–Kier alpha value is -1.39. The molecule has 0 amide bonds. The van der Waals surface area contributed by atoms with E-state index in [1.807, 2.05) is 12.1 Å². The van der Waals surface area contributed by atoms with Crippen molar-refractivity contribution in [2.75, 3.05) is 53.0 Å². The molecule has 0 aliphatic carbocycles. The molecule has 28 heavy (non-hydrogen) atoms. The summed E-state index contributed by atoms with van der Waals surface area (Å²) < 4.78 is 10.1. The predicted molar refractivity (Wildman–Crippen MR) is 123 cm³/mol. The van der Waals surface area contributed by atoms with Gasteiger partial charge in [0.15, 0.2) is 5.96 Å². The summed E-state index contributed by atoms with van der Waals surface area (Å²) >= 11 is 0. The number of carbonyl (C=O) groups is 1. The van der Waals surface area contributed by atoms with Crippen LogP contribution in [0.1, 0.15) is 29.8 Å². The van der Waals surface area contributed by atoms with Gasteiger partial charge in [0.1, 0.15) is 0 Å². The van der Waals surface area contributed by atoms with E-state index in [1.165, 1.54) is 7.11 Å². The fraction of sp³-hybridized carbons (Fsp3) is 0.600. The van der Waals surface area contributed by atoms with Gasteiger partial charge in [0.05, 0.1) is 32.4 Å². The number of halogens is 1. The predicted octanol–water partition coefficient (Wildman–Crippen LogP) is 1.91. The Morgan fingerprint density at radius 1 is 1.25 bits per heavy atom. The van der Waals surface area contributed by atoms with Gasteiger partial charge in [0.2, 0.25) is 0 Å². The topological polar surface area (TPSA) is 75.2 Å². The molecule has 8 heteroatoms. The van der Waals surface area contributed by atoms with E-state index in [-0.39, 0.29) is 29.9 Å². The van der Waals surface area contributed by atoms with E-state index in [2.05, 4.69) is 29.4 Å². The van der Waals surface area contributed by atoms with Gasteiger partial charge in [-0.3, -0.25) is 9.89 Å². The van der Waals surface area contributed by atoms with Gasteiger partial charge in [0, 0.05) is 32.2 Å². The van der Waals surface area contributed by atoms with Gasteiger partial charge in [-0.25, -0.2) is 4.79 Å². The number of guanidine groups is 1. The largest absolute Gasteiger partial charge is 0.465 e. The molecule has 1 atom stereocenters. The number of methoxy groups -OCH3 is 1. The van der Waals surface area contributed by atoms with Crippen LogP contribution in [0.5, 0.6) is 0 Å². The van der Waals surface area contributed by atoms with Crippen LogP contribution in [0.25, 0.3) is 0 Å². The van der Waals surface area contributed by atoms with Crippen LogP contribution < -0.4 is 10.6 Å². The number of rotatable bonds is 8. The zero-order valence-corrected chi connectivity index (χ0v) is 19.4. The molecule has 1 saturated heterocycles. The minimum Gasteiger partial charge on any atom is -0.465 e. The molecule has 1 aromatic rings. The summed E-state index contributed by atoms with van der Waals surface area (Å²) in [5.41, 5.74) is 1.73. The van der Waals surface area contributed by atoms with Crippen LogP contribution in [-0.2, 0) is 15.9 Å². The molecule has 0 bridgehead atoms. The standard InChI is InChI=1S/C20H32N4O3.HI/c1-4-21-20(23-15-16(2)24-11-13-27-14-12-24)22-10-9-17-5-7-18(8-6-17)19(25)26-3;/h5-8,16H,4,9-15H2,1-3H3,(H2,21,22,23);1H. The van der Waals surface area contributed by atoms with Crippen molar-refractivity contribution in [3.63, 3.8) is 0 Å². The van der Waals surface area contributed by atoms with Crippen LogP contribution in [-0.4, -0.2) is 75.9 Å². The summed E-state index contributed by atoms with van der Waals surface area (Å²) in [5, 5.41) is 6.67. The zero-order chi connectivity index (χ0) is 19.5. The van der Waals surface area contributed by atoms with Gasteiger partial charge in [0.25, 0.3) is 0 Å². The molecule has 1 fully saturated rings. The number of ether oxygens (including phenoxy) is 2. The first-order valence-corrected chi connectivity index (χ1v) is 9.65. The first kappa shape index (κ1) is 24.6. The van der Waals surface area contributed by atoms with Crippen LogP contribution in [0.4, 0.5) is 0 Å². The number of hydrogen-bond acceptors (Lipinski definition) is 5. The molecule has 1 aliphatic rings. The first-order chi connectivity index (χ1) is 13.1. The summed E-state index contributed by atoms with van der Waals surface area (Å²) in [6, 6.07) is 7.90. The number of esters is 1. The van der Waals surface area contributed by atoms with Crippen molar-refractivity contribution >= 4 is 35.9 Å². The molecule has 0 radical (unpaired) electrons. The summed E-state index contributed by atoms with van der Waals surface area (Å²) in [5.74, 6) is 0.527. The number of benzene rings is 1. The Morgan fingerprint density at radius 2 is 1.93 bits per heavy atom. The molecule has 0 spiro atoms. The number of morpholine rings is 1. The van der Waals surface area contributed by atoms with Gasteiger partial charge in [-0.15, -0.1) is 24.0 Å². The van der Waals surface area contributed by atoms with Crippen LogP contribution in [0.3, 0.4) is 0 Å². The molecule has 1 aliphatic heterocycles. The van der Waals surface area contributed by atoms with E-state index in [0.717, 1.165) is 63.9 Å². The highest BCUT2D eigenvalue weighted by Crippen LogP contribution is 2.06. The molecule has 0 saturated carbocycles. The van der Waals surface area contributed by atoms with Crippen LogP contribution in [0.2, 0.25) is 0 Å². The molecule has 1 unspecified atom stereocenters. The highest BCUT2D eigenvalue weighted by atomic mass is 127. The minimum absolute atomic E-state index is 0. The second-order valence-corrected chi connectivity index (χ2v) is 6.58. The fourth-order valence-corrected chi connectivity index (χ4v) is 2.95. The van der Waals surface area contributed by atoms with Crippen LogP contribution in [0.15, 0.2) is 29.3 Å². The number of aliphatic imine (C=N–C) groups is 1. The molecule has 2 rings (SSSR count). The maximum absolute atomic E-state index is 11.5. The van der Waals surface area contributed by atoms with E-state index in [4.69, 9.17) is 14.5 Å². The minimum atomic E-state index is -0.310. The lowest BCUT2D eigenvalue weighted by Gasteiger charge is -2.31. The third kappa shape index (κ3) is 8.32. The van der Waals surface area contributed by atoms with Gasteiger partial charge < -0.3 is 20.1 Å². The maximum atomic E-state index is 11.5. The normalized spacial score (nSPS) is 16.0. The summed E-state index contributed by atoms with van der Waals surface area (Å²) in [7, 11) is 1.39. The zero-order valence-electron chi connectivity index (χ0n) is 17.1. The van der Waals surface area contributed by atoms with E-state index < -0.39 is 0 Å². The van der Waals surface area contributed by atoms with E-state index in [1.54, 1.807) is 12.1 Å². The van der Waals surface area contributed by atoms with E-state index in [0.29, 0.717) is 11.6 Å². The lowest BCUT2D eigenvalue weighted by Crippen LogP contribution is -2.44. The Kier molecular flexibility index (Phi) is 12.1. The Balaban J connectivity index is 0.00000392. The third-order valence-corrected chi connectivity index (χ3v) is 4.61. The number of nitrogens with zero attached hydrogens (tertiary/aromatic N) is 2.